The molecular weight excluding hydrogens is 258 g/mol. The highest BCUT2D eigenvalue weighted by molar-refractivity contribution is 8.03. The second-order valence-corrected chi connectivity index (χ2v) is 7.40. The molecule has 1 aromatic heterocycles. The molecule has 0 amide bonds. The zero-order chi connectivity index (χ0) is 12.0. The minimum Gasteiger partial charge on any atom is -0.313 e. The lowest BCUT2D eigenvalue weighted by Crippen LogP contribution is -2.30. The molecule has 6 heteroatoms. The van der Waals surface area contributed by atoms with Gasteiger partial charge in [0.15, 0.2) is 8.68 Å². The molecule has 0 bridgehead atoms. The summed E-state index contributed by atoms with van der Waals surface area (Å²) in [5.41, 5.74) is 0. The first kappa shape index (κ1) is 14.3. The van der Waals surface area contributed by atoms with Crippen LogP contribution < -0.4 is 5.32 Å². The van der Waals surface area contributed by atoms with Crippen LogP contribution in [0.4, 0.5) is 0 Å². The molecule has 0 aliphatic carbocycles. The van der Waals surface area contributed by atoms with Crippen molar-refractivity contribution in [3.8, 4) is 0 Å². The number of aromatic nitrogens is 2. The van der Waals surface area contributed by atoms with Crippen LogP contribution in [0.1, 0.15) is 27.2 Å². The molecule has 2 unspecified atom stereocenters. The third-order valence-electron chi connectivity index (χ3n) is 2.23. The van der Waals surface area contributed by atoms with Crippen LogP contribution >= 0.6 is 34.9 Å². The molecule has 2 atom stereocenters. The fraction of sp³-hybridized carbons (Fsp3) is 0.800. The van der Waals surface area contributed by atoms with Gasteiger partial charge in [-0.15, -0.1) is 10.2 Å². The monoisotopic (exact) mass is 277 g/mol. The molecular formula is C10H19N3S3. The van der Waals surface area contributed by atoms with Gasteiger partial charge in [0.25, 0.3) is 0 Å². The Morgan fingerprint density at radius 3 is 2.56 bits per heavy atom. The van der Waals surface area contributed by atoms with Crippen LogP contribution in [-0.4, -0.2) is 34.3 Å². The zero-order valence-corrected chi connectivity index (χ0v) is 12.6. The summed E-state index contributed by atoms with van der Waals surface area (Å²) in [4.78, 5) is 0. The highest BCUT2D eigenvalue weighted by Crippen LogP contribution is 2.29. The summed E-state index contributed by atoms with van der Waals surface area (Å²) in [6.07, 6.45) is 3.20. The van der Waals surface area contributed by atoms with Gasteiger partial charge in [0.05, 0.1) is 0 Å². The molecule has 1 rings (SSSR count). The summed E-state index contributed by atoms with van der Waals surface area (Å²) < 4.78 is 2.12. The second-order valence-electron chi connectivity index (χ2n) is 3.68. The lowest BCUT2D eigenvalue weighted by Gasteiger charge is -2.14. The van der Waals surface area contributed by atoms with Gasteiger partial charge in [0, 0.05) is 17.8 Å². The Kier molecular flexibility index (Phi) is 6.72. The van der Waals surface area contributed by atoms with Crippen LogP contribution in [0.5, 0.6) is 0 Å². The predicted molar refractivity (Wildman–Crippen MR) is 74.8 cm³/mol. The van der Waals surface area contributed by atoms with Crippen LogP contribution in [0.15, 0.2) is 8.68 Å². The second kappa shape index (κ2) is 7.53. The molecule has 0 saturated heterocycles. The van der Waals surface area contributed by atoms with Gasteiger partial charge in [0.2, 0.25) is 0 Å². The van der Waals surface area contributed by atoms with Crippen molar-refractivity contribution in [1.82, 2.24) is 15.5 Å². The van der Waals surface area contributed by atoms with E-state index in [4.69, 9.17) is 0 Å². The molecule has 1 aromatic rings. The number of hydrogen-bond acceptors (Lipinski definition) is 6. The summed E-state index contributed by atoms with van der Waals surface area (Å²) in [5.74, 6) is 0. The van der Waals surface area contributed by atoms with E-state index in [-0.39, 0.29) is 0 Å². The van der Waals surface area contributed by atoms with E-state index in [0.29, 0.717) is 11.3 Å². The van der Waals surface area contributed by atoms with E-state index in [2.05, 4.69) is 36.3 Å². The largest absolute Gasteiger partial charge is 0.313 e. The predicted octanol–water partition coefficient (Wildman–Crippen LogP) is 3.13. The SMILES string of the molecule is CCC(C)NCC(C)Sc1nnc(SC)s1. The number of nitrogens with one attached hydrogen (secondary N) is 1. The maximum absolute atomic E-state index is 4.16. The van der Waals surface area contributed by atoms with Crippen molar-refractivity contribution in [1.29, 1.82) is 0 Å². The van der Waals surface area contributed by atoms with Crippen molar-refractivity contribution in [2.75, 3.05) is 12.8 Å². The number of hydrogen-bond donors (Lipinski definition) is 1. The zero-order valence-electron chi connectivity index (χ0n) is 10.2. The quantitative estimate of drug-likeness (QED) is 0.775. The standard InChI is InChI=1S/C10H19N3S3/c1-5-7(2)11-6-8(3)15-10-13-12-9(14-4)16-10/h7-8,11H,5-6H2,1-4H3. The summed E-state index contributed by atoms with van der Waals surface area (Å²) >= 11 is 5.13. The Morgan fingerprint density at radius 1 is 1.31 bits per heavy atom. The lowest BCUT2D eigenvalue weighted by atomic mass is 10.2. The summed E-state index contributed by atoms with van der Waals surface area (Å²) in [5, 5.41) is 12.3. The molecule has 1 heterocycles. The maximum atomic E-state index is 4.16. The topological polar surface area (TPSA) is 37.8 Å². The Labute approximate surface area is 110 Å². The minimum atomic E-state index is 0.539. The number of thioether (sulfide) groups is 2. The smallest absolute Gasteiger partial charge is 0.175 e. The van der Waals surface area contributed by atoms with Crippen LogP contribution in [0.25, 0.3) is 0 Å². The van der Waals surface area contributed by atoms with E-state index < -0.39 is 0 Å². The van der Waals surface area contributed by atoms with Gasteiger partial charge in [-0.25, -0.2) is 0 Å². The van der Waals surface area contributed by atoms with Gasteiger partial charge >= 0.3 is 0 Å². The van der Waals surface area contributed by atoms with Crippen LogP contribution in [-0.2, 0) is 0 Å². The summed E-state index contributed by atoms with van der Waals surface area (Å²) in [6, 6.07) is 0.597. The van der Waals surface area contributed by atoms with Gasteiger partial charge in [-0.3, -0.25) is 0 Å². The summed E-state index contributed by atoms with van der Waals surface area (Å²) in [7, 11) is 0. The minimum absolute atomic E-state index is 0.539. The molecule has 16 heavy (non-hydrogen) atoms. The van der Waals surface area contributed by atoms with Crippen molar-refractivity contribution in [3.05, 3.63) is 0 Å². The average Bonchev–Trinajstić information content (AvgIpc) is 2.73. The number of rotatable bonds is 7. The van der Waals surface area contributed by atoms with Gasteiger partial charge in [0.1, 0.15) is 0 Å². The molecule has 0 spiro atoms. The fourth-order valence-corrected chi connectivity index (χ4v) is 3.75. The van der Waals surface area contributed by atoms with Crippen molar-refractivity contribution < 1.29 is 0 Å². The van der Waals surface area contributed by atoms with Crippen LogP contribution in [0, 0.1) is 0 Å². The molecule has 0 aliphatic rings. The van der Waals surface area contributed by atoms with Crippen molar-refractivity contribution in [3.63, 3.8) is 0 Å². The fourth-order valence-electron chi connectivity index (χ4n) is 1.05. The molecule has 0 radical (unpaired) electrons. The Morgan fingerprint density at radius 2 is 2.00 bits per heavy atom. The van der Waals surface area contributed by atoms with Gasteiger partial charge in [-0.05, 0) is 19.6 Å². The van der Waals surface area contributed by atoms with Crippen LogP contribution in [0.3, 0.4) is 0 Å². The molecule has 0 aromatic carbocycles. The molecule has 1 N–H and O–H groups in total. The molecule has 0 aliphatic heterocycles. The Bertz CT molecular complexity index is 303. The van der Waals surface area contributed by atoms with E-state index in [1.54, 1.807) is 34.9 Å². The van der Waals surface area contributed by atoms with Crippen molar-refractivity contribution in [2.45, 2.75) is 47.2 Å². The number of nitrogens with zero attached hydrogens (tertiary/aromatic N) is 2. The van der Waals surface area contributed by atoms with E-state index in [1.807, 2.05) is 6.26 Å². The third kappa shape index (κ3) is 5.03. The molecule has 92 valence electrons. The Hall–Kier alpha value is 0.220. The third-order valence-corrected chi connectivity index (χ3v) is 5.32. The lowest BCUT2D eigenvalue weighted by molar-refractivity contribution is 0.537. The molecule has 0 saturated carbocycles. The molecule has 0 fully saturated rings. The first-order valence-corrected chi connectivity index (χ1v) is 8.35. The highest BCUT2D eigenvalue weighted by Gasteiger charge is 2.10. The summed E-state index contributed by atoms with van der Waals surface area (Å²) in [6.45, 7) is 7.66. The molecule has 3 nitrogen and oxygen atoms in total. The van der Waals surface area contributed by atoms with Crippen molar-refractivity contribution in [2.24, 2.45) is 0 Å². The van der Waals surface area contributed by atoms with Crippen LogP contribution in [0.2, 0.25) is 0 Å². The van der Waals surface area contributed by atoms with E-state index in [1.165, 1.54) is 6.42 Å². The van der Waals surface area contributed by atoms with E-state index in [0.717, 1.165) is 15.2 Å². The first-order valence-electron chi connectivity index (χ1n) is 5.43. The maximum Gasteiger partial charge on any atom is 0.175 e. The van der Waals surface area contributed by atoms with E-state index >= 15 is 0 Å². The highest BCUT2D eigenvalue weighted by atomic mass is 32.2. The van der Waals surface area contributed by atoms with E-state index in [9.17, 15) is 0 Å². The average molecular weight is 277 g/mol. The normalized spacial score (nSPS) is 15.0. The van der Waals surface area contributed by atoms with Gasteiger partial charge in [-0.2, -0.15) is 0 Å². The van der Waals surface area contributed by atoms with Gasteiger partial charge in [-0.1, -0.05) is 48.7 Å². The van der Waals surface area contributed by atoms with Crippen molar-refractivity contribution >= 4 is 34.9 Å². The van der Waals surface area contributed by atoms with Gasteiger partial charge < -0.3 is 5.32 Å². The Balaban J connectivity index is 2.30. The first-order chi connectivity index (χ1) is 7.65.